The van der Waals surface area contributed by atoms with Gasteiger partial charge in [0, 0.05) is 23.1 Å². The van der Waals surface area contributed by atoms with Gasteiger partial charge >= 0.3 is 0 Å². The average molecular weight is 322 g/mol. The van der Waals surface area contributed by atoms with Crippen molar-refractivity contribution in [3.63, 3.8) is 0 Å². The number of benzene rings is 1. The third-order valence-corrected chi connectivity index (χ3v) is 4.89. The molecule has 1 amide bonds. The molecule has 0 radical (unpaired) electrons. The second-order valence-corrected chi connectivity index (χ2v) is 6.31. The quantitative estimate of drug-likeness (QED) is 0.860. The SMILES string of the molecule is Cc1csc([C@H]2C[C@H](F)CN2C(=O)c2ccccc2CF)n1. The normalized spacial score (nSPS) is 21.3. The van der Waals surface area contributed by atoms with Gasteiger partial charge in [-0.05, 0) is 18.6 Å². The van der Waals surface area contributed by atoms with Gasteiger partial charge in [-0.1, -0.05) is 18.2 Å². The summed E-state index contributed by atoms with van der Waals surface area (Å²) in [5.41, 5.74) is 1.50. The largest absolute Gasteiger partial charge is 0.326 e. The molecule has 1 aromatic carbocycles. The van der Waals surface area contributed by atoms with E-state index in [1.54, 1.807) is 24.3 Å². The van der Waals surface area contributed by atoms with E-state index in [0.29, 0.717) is 11.1 Å². The lowest BCUT2D eigenvalue weighted by Crippen LogP contribution is -2.32. The maximum absolute atomic E-state index is 13.9. The predicted molar refractivity (Wildman–Crippen MR) is 81.4 cm³/mol. The number of nitrogens with zero attached hydrogens (tertiary/aromatic N) is 2. The van der Waals surface area contributed by atoms with Crippen molar-refractivity contribution in [2.24, 2.45) is 0 Å². The molecule has 0 saturated carbocycles. The lowest BCUT2D eigenvalue weighted by Gasteiger charge is -2.23. The zero-order valence-electron chi connectivity index (χ0n) is 12.1. The summed E-state index contributed by atoms with van der Waals surface area (Å²) in [6, 6.07) is 6.19. The molecule has 1 aliphatic heterocycles. The monoisotopic (exact) mass is 322 g/mol. The molecule has 2 aromatic rings. The standard InChI is InChI=1S/C16H16F2N2OS/c1-10-9-22-15(19-10)14-6-12(18)8-20(14)16(21)13-5-3-2-4-11(13)7-17/h2-5,9,12,14H,6-8H2,1H3/t12-,14+/m0/s1. The number of hydrogen-bond acceptors (Lipinski definition) is 3. The molecule has 6 heteroatoms. The van der Waals surface area contributed by atoms with Crippen LogP contribution in [0.1, 0.15) is 39.1 Å². The number of alkyl halides is 2. The zero-order valence-corrected chi connectivity index (χ0v) is 12.9. The molecule has 1 aliphatic rings. The lowest BCUT2D eigenvalue weighted by molar-refractivity contribution is 0.0726. The molecule has 116 valence electrons. The summed E-state index contributed by atoms with van der Waals surface area (Å²) < 4.78 is 27.0. The third-order valence-electron chi connectivity index (χ3n) is 3.82. The maximum Gasteiger partial charge on any atom is 0.254 e. The van der Waals surface area contributed by atoms with Gasteiger partial charge < -0.3 is 4.90 Å². The van der Waals surface area contributed by atoms with E-state index in [4.69, 9.17) is 0 Å². The Bertz CT molecular complexity index is 688. The Morgan fingerprint density at radius 2 is 2.23 bits per heavy atom. The summed E-state index contributed by atoms with van der Waals surface area (Å²) in [4.78, 5) is 18.6. The molecule has 1 fully saturated rings. The molecular formula is C16H16F2N2OS. The molecule has 1 aromatic heterocycles. The van der Waals surface area contributed by atoms with Gasteiger partial charge in [0.2, 0.25) is 0 Å². The van der Waals surface area contributed by atoms with Gasteiger partial charge in [-0.2, -0.15) is 0 Å². The van der Waals surface area contributed by atoms with E-state index < -0.39 is 12.8 Å². The summed E-state index contributed by atoms with van der Waals surface area (Å²) in [5, 5.41) is 2.63. The number of aryl methyl sites for hydroxylation is 1. The summed E-state index contributed by atoms with van der Waals surface area (Å²) in [7, 11) is 0. The van der Waals surface area contributed by atoms with Crippen molar-refractivity contribution in [1.82, 2.24) is 9.88 Å². The first kappa shape index (κ1) is 15.1. The van der Waals surface area contributed by atoms with E-state index in [2.05, 4.69) is 4.98 Å². The fourth-order valence-corrected chi connectivity index (χ4v) is 3.69. The molecule has 0 bridgehead atoms. The Morgan fingerprint density at radius 3 is 2.91 bits per heavy atom. The molecule has 2 heterocycles. The van der Waals surface area contributed by atoms with Crippen molar-refractivity contribution >= 4 is 17.2 Å². The molecule has 0 spiro atoms. The molecule has 3 nitrogen and oxygen atoms in total. The van der Waals surface area contributed by atoms with Crippen LogP contribution in [-0.4, -0.2) is 28.5 Å². The van der Waals surface area contributed by atoms with Gasteiger partial charge in [0.25, 0.3) is 5.91 Å². The van der Waals surface area contributed by atoms with Gasteiger partial charge in [0.05, 0.1) is 12.6 Å². The van der Waals surface area contributed by atoms with E-state index in [-0.39, 0.29) is 24.9 Å². The fraction of sp³-hybridized carbons (Fsp3) is 0.375. The van der Waals surface area contributed by atoms with Crippen LogP contribution in [0.2, 0.25) is 0 Å². The summed E-state index contributed by atoms with van der Waals surface area (Å²) >= 11 is 1.43. The van der Waals surface area contributed by atoms with E-state index in [1.807, 2.05) is 12.3 Å². The highest BCUT2D eigenvalue weighted by Gasteiger charge is 2.38. The zero-order chi connectivity index (χ0) is 15.7. The highest BCUT2D eigenvalue weighted by atomic mass is 32.1. The fourth-order valence-electron chi connectivity index (χ4n) is 2.77. The van der Waals surface area contributed by atoms with Crippen molar-refractivity contribution < 1.29 is 13.6 Å². The Balaban J connectivity index is 1.93. The van der Waals surface area contributed by atoms with Crippen molar-refractivity contribution in [2.75, 3.05) is 6.54 Å². The minimum atomic E-state index is -1.07. The number of carbonyl (C=O) groups is 1. The first-order valence-corrected chi connectivity index (χ1v) is 7.99. The van der Waals surface area contributed by atoms with E-state index in [1.165, 1.54) is 16.2 Å². The molecule has 0 unspecified atom stereocenters. The summed E-state index contributed by atoms with van der Waals surface area (Å²) in [6.07, 6.45) is -0.827. The predicted octanol–water partition coefficient (Wildman–Crippen LogP) is 3.85. The highest BCUT2D eigenvalue weighted by Crippen LogP contribution is 2.36. The maximum atomic E-state index is 13.9. The van der Waals surface area contributed by atoms with Gasteiger partial charge in [-0.25, -0.2) is 13.8 Å². The molecule has 3 rings (SSSR count). The number of carbonyl (C=O) groups excluding carboxylic acids is 1. The number of halogens is 2. The van der Waals surface area contributed by atoms with E-state index in [0.717, 1.165) is 10.7 Å². The van der Waals surface area contributed by atoms with Gasteiger partial charge in [0.15, 0.2) is 0 Å². The lowest BCUT2D eigenvalue weighted by atomic mass is 10.1. The van der Waals surface area contributed by atoms with Crippen LogP contribution >= 0.6 is 11.3 Å². The van der Waals surface area contributed by atoms with Crippen LogP contribution in [-0.2, 0) is 6.67 Å². The molecule has 0 aliphatic carbocycles. The third kappa shape index (κ3) is 2.75. The van der Waals surface area contributed by atoms with Gasteiger partial charge in [0.1, 0.15) is 17.9 Å². The topological polar surface area (TPSA) is 33.2 Å². The Kier molecular flexibility index (Phi) is 4.20. The number of thiazole rings is 1. The minimum Gasteiger partial charge on any atom is -0.326 e. The van der Waals surface area contributed by atoms with Crippen molar-refractivity contribution in [3.05, 3.63) is 51.5 Å². The Labute approximate surface area is 131 Å². The number of likely N-dealkylation sites (tertiary alicyclic amines) is 1. The van der Waals surface area contributed by atoms with Crippen molar-refractivity contribution in [3.8, 4) is 0 Å². The number of amides is 1. The number of hydrogen-bond donors (Lipinski definition) is 0. The van der Waals surface area contributed by atoms with Crippen LogP contribution in [0.5, 0.6) is 0 Å². The number of aromatic nitrogens is 1. The van der Waals surface area contributed by atoms with Crippen LogP contribution in [0, 0.1) is 6.92 Å². The Morgan fingerprint density at radius 1 is 1.45 bits per heavy atom. The first-order chi connectivity index (χ1) is 10.6. The number of rotatable bonds is 3. The molecule has 2 atom stereocenters. The van der Waals surface area contributed by atoms with Gasteiger partial charge in [-0.3, -0.25) is 4.79 Å². The Hall–Kier alpha value is -1.82. The molecule has 1 saturated heterocycles. The molecular weight excluding hydrogens is 306 g/mol. The van der Waals surface area contributed by atoms with Crippen molar-refractivity contribution in [1.29, 1.82) is 0 Å². The van der Waals surface area contributed by atoms with E-state index in [9.17, 15) is 13.6 Å². The van der Waals surface area contributed by atoms with Crippen molar-refractivity contribution in [2.45, 2.75) is 32.2 Å². The summed E-state index contributed by atoms with van der Waals surface area (Å²) in [6.45, 7) is 1.19. The second-order valence-electron chi connectivity index (χ2n) is 5.42. The summed E-state index contributed by atoms with van der Waals surface area (Å²) in [5.74, 6) is -0.328. The minimum absolute atomic E-state index is 0.0305. The van der Waals surface area contributed by atoms with Gasteiger partial charge in [-0.15, -0.1) is 11.3 Å². The van der Waals surface area contributed by atoms with E-state index >= 15 is 0 Å². The molecule has 22 heavy (non-hydrogen) atoms. The smallest absolute Gasteiger partial charge is 0.254 e. The second kappa shape index (κ2) is 6.12. The average Bonchev–Trinajstić information content (AvgIpc) is 3.12. The van der Waals surface area contributed by atoms with Crippen LogP contribution in [0.25, 0.3) is 0 Å². The highest BCUT2D eigenvalue weighted by molar-refractivity contribution is 7.09. The van der Waals surface area contributed by atoms with Crippen LogP contribution < -0.4 is 0 Å². The first-order valence-electron chi connectivity index (χ1n) is 7.11. The molecule has 0 N–H and O–H groups in total. The van der Waals surface area contributed by atoms with Crippen LogP contribution in [0.3, 0.4) is 0 Å². The van der Waals surface area contributed by atoms with Crippen LogP contribution in [0.15, 0.2) is 29.6 Å². The van der Waals surface area contributed by atoms with Crippen LogP contribution in [0.4, 0.5) is 8.78 Å².